The summed E-state index contributed by atoms with van der Waals surface area (Å²) in [5, 5.41) is 13.1. The van der Waals surface area contributed by atoms with E-state index in [-0.39, 0.29) is 5.69 Å². The van der Waals surface area contributed by atoms with Gasteiger partial charge in [0.2, 0.25) is 0 Å². The molecule has 0 aliphatic heterocycles. The number of aromatic nitrogens is 4. The molecule has 0 fully saturated rings. The topological polar surface area (TPSA) is 92.1 Å². The molecule has 0 aliphatic rings. The van der Waals surface area contributed by atoms with Crippen molar-refractivity contribution in [3.63, 3.8) is 0 Å². The van der Waals surface area contributed by atoms with Gasteiger partial charge in [-0.2, -0.15) is 9.61 Å². The van der Waals surface area contributed by atoms with Crippen LogP contribution in [0.2, 0.25) is 0 Å². The minimum atomic E-state index is -0.802. The van der Waals surface area contributed by atoms with Gasteiger partial charge in [-0.05, 0) is 12.1 Å². The molecular weight excluding hydrogens is 242 g/mol. The molecule has 1 unspecified atom stereocenters. The summed E-state index contributed by atoms with van der Waals surface area (Å²) < 4.78 is 12.4. The van der Waals surface area contributed by atoms with E-state index in [0.717, 1.165) is 0 Å². The molecule has 2 N–H and O–H groups in total. The summed E-state index contributed by atoms with van der Waals surface area (Å²) in [5.41, 5.74) is 0.0958. The molecule has 92 valence electrons. The number of aromatic amines is 1. The lowest BCUT2D eigenvalue weighted by Gasteiger charge is -2.04. The van der Waals surface area contributed by atoms with Crippen LogP contribution >= 0.6 is 0 Å². The Balaban J connectivity index is 2.06. The zero-order valence-electron chi connectivity index (χ0n) is 9.34. The molecule has 0 bridgehead atoms. The van der Waals surface area contributed by atoms with E-state index in [4.69, 9.17) is 0 Å². The number of fused-ring (bicyclic) bond motifs is 1. The molecule has 1 atom stereocenters. The van der Waals surface area contributed by atoms with Crippen molar-refractivity contribution in [1.29, 1.82) is 0 Å². The SMILES string of the molecule is CCS(=O)CCNc1ccc2n[nH]c(=O)n2n1. The fourth-order valence-electron chi connectivity index (χ4n) is 1.33. The number of nitrogens with zero attached hydrogens (tertiary/aromatic N) is 3. The van der Waals surface area contributed by atoms with Crippen LogP contribution in [-0.2, 0) is 10.8 Å². The van der Waals surface area contributed by atoms with Crippen LogP contribution in [0.3, 0.4) is 0 Å². The largest absolute Gasteiger partial charge is 0.368 e. The average Bonchev–Trinajstić information content (AvgIpc) is 2.71. The molecule has 0 spiro atoms. The highest BCUT2D eigenvalue weighted by atomic mass is 32.2. The lowest BCUT2D eigenvalue weighted by Crippen LogP contribution is -2.16. The van der Waals surface area contributed by atoms with E-state index in [1.807, 2.05) is 6.92 Å². The first-order chi connectivity index (χ1) is 8.20. The summed E-state index contributed by atoms with van der Waals surface area (Å²) in [6, 6.07) is 3.41. The predicted octanol–water partition coefficient (Wildman–Crippen LogP) is -0.402. The zero-order chi connectivity index (χ0) is 12.3. The van der Waals surface area contributed by atoms with Crippen molar-refractivity contribution in [2.45, 2.75) is 6.92 Å². The highest BCUT2D eigenvalue weighted by Gasteiger charge is 2.02. The van der Waals surface area contributed by atoms with Crippen molar-refractivity contribution in [2.75, 3.05) is 23.4 Å². The fourth-order valence-corrected chi connectivity index (χ4v) is 1.95. The van der Waals surface area contributed by atoms with Crippen molar-refractivity contribution in [1.82, 2.24) is 19.8 Å². The van der Waals surface area contributed by atoms with Crippen LogP contribution in [0.4, 0.5) is 5.82 Å². The van der Waals surface area contributed by atoms with Crippen molar-refractivity contribution < 1.29 is 4.21 Å². The molecule has 0 amide bonds. The van der Waals surface area contributed by atoms with Crippen LogP contribution in [0.15, 0.2) is 16.9 Å². The summed E-state index contributed by atoms with van der Waals surface area (Å²) in [6.07, 6.45) is 0. The third-order valence-electron chi connectivity index (χ3n) is 2.23. The molecule has 0 aliphatic carbocycles. The van der Waals surface area contributed by atoms with Gasteiger partial charge in [-0.25, -0.2) is 9.89 Å². The maximum atomic E-state index is 11.3. The molecular formula is C9H13N5O2S. The van der Waals surface area contributed by atoms with Crippen molar-refractivity contribution in [3.05, 3.63) is 22.6 Å². The summed E-state index contributed by atoms with van der Waals surface area (Å²) >= 11 is 0. The van der Waals surface area contributed by atoms with Gasteiger partial charge >= 0.3 is 5.69 Å². The molecule has 17 heavy (non-hydrogen) atoms. The molecule has 2 aromatic heterocycles. The summed E-state index contributed by atoms with van der Waals surface area (Å²) in [4.78, 5) is 11.3. The lowest BCUT2D eigenvalue weighted by atomic mass is 10.5. The average molecular weight is 255 g/mol. The van der Waals surface area contributed by atoms with E-state index in [1.165, 1.54) is 4.52 Å². The Kier molecular flexibility index (Phi) is 3.52. The van der Waals surface area contributed by atoms with Crippen LogP contribution in [0, 0.1) is 0 Å². The van der Waals surface area contributed by atoms with Crippen molar-refractivity contribution in [2.24, 2.45) is 0 Å². The third-order valence-corrected chi connectivity index (χ3v) is 3.53. The molecule has 0 radical (unpaired) electrons. The molecule has 2 rings (SSSR count). The van der Waals surface area contributed by atoms with E-state index < -0.39 is 10.8 Å². The van der Waals surface area contributed by atoms with E-state index in [0.29, 0.717) is 29.5 Å². The first-order valence-corrected chi connectivity index (χ1v) is 6.73. The Morgan fingerprint density at radius 1 is 1.53 bits per heavy atom. The third kappa shape index (κ3) is 2.70. The monoisotopic (exact) mass is 255 g/mol. The van der Waals surface area contributed by atoms with Crippen LogP contribution in [-0.4, -0.2) is 42.1 Å². The minimum Gasteiger partial charge on any atom is -0.368 e. The van der Waals surface area contributed by atoms with Gasteiger partial charge in [0.05, 0.1) is 0 Å². The van der Waals surface area contributed by atoms with Gasteiger partial charge in [0, 0.05) is 28.9 Å². The lowest BCUT2D eigenvalue weighted by molar-refractivity contribution is 0.684. The van der Waals surface area contributed by atoms with E-state index in [1.54, 1.807) is 12.1 Å². The van der Waals surface area contributed by atoms with Crippen LogP contribution in [0.5, 0.6) is 0 Å². The first kappa shape index (κ1) is 11.8. The van der Waals surface area contributed by atoms with E-state index >= 15 is 0 Å². The number of rotatable bonds is 5. The van der Waals surface area contributed by atoms with E-state index in [9.17, 15) is 9.00 Å². The maximum absolute atomic E-state index is 11.3. The fraction of sp³-hybridized carbons (Fsp3) is 0.444. The molecule has 8 heteroatoms. The Morgan fingerprint density at radius 3 is 3.12 bits per heavy atom. The Hall–Kier alpha value is -1.70. The Bertz CT molecular complexity index is 590. The van der Waals surface area contributed by atoms with Crippen LogP contribution in [0.25, 0.3) is 5.65 Å². The van der Waals surface area contributed by atoms with Gasteiger partial charge in [-0.1, -0.05) is 6.92 Å². The molecule has 0 aromatic carbocycles. The smallest absolute Gasteiger partial charge is 0.364 e. The van der Waals surface area contributed by atoms with Crippen molar-refractivity contribution in [3.8, 4) is 0 Å². The van der Waals surface area contributed by atoms with Crippen LogP contribution < -0.4 is 11.0 Å². The number of H-pyrrole nitrogens is 1. The van der Waals surface area contributed by atoms with Gasteiger partial charge in [-0.15, -0.1) is 5.10 Å². The Labute approximate surface area is 99.7 Å². The quantitative estimate of drug-likeness (QED) is 0.758. The second kappa shape index (κ2) is 5.09. The summed E-state index contributed by atoms with van der Waals surface area (Å²) in [5.74, 6) is 1.78. The highest BCUT2D eigenvalue weighted by molar-refractivity contribution is 7.84. The number of hydrogen-bond donors (Lipinski definition) is 2. The summed E-state index contributed by atoms with van der Waals surface area (Å²) in [6.45, 7) is 2.44. The van der Waals surface area contributed by atoms with Gasteiger partial charge in [-0.3, -0.25) is 4.21 Å². The Morgan fingerprint density at radius 2 is 2.35 bits per heavy atom. The van der Waals surface area contributed by atoms with E-state index in [2.05, 4.69) is 20.6 Å². The number of anilines is 1. The molecule has 7 nitrogen and oxygen atoms in total. The number of hydrogen-bond acceptors (Lipinski definition) is 5. The first-order valence-electron chi connectivity index (χ1n) is 5.24. The normalized spacial score (nSPS) is 12.8. The van der Waals surface area contributed by atoms with Crippen molar-refractivity contribution >= 4 is 22.3 Å². The molecule has 2 aromatic rings. The molecule has 2 heterocycles. The number of nitrogens with one attached hydrogen (secondary N) is 2. The second-order valence-electron chi connectivity index (χ2n) is 3.38. The zero-order valence-corrected chi connectivity index (χ0v) is 10.2. The van der Waals surface area contributed by atoms with Crippen LogP contribution in [0.1, 0.15) is 6.92 Å². The predicted molar refractivity (Wildman–Crippen MR) is 65.6 cm³/mol. The minimum absolute atomic E-state index is 0.374. The van der Waals surface area contributed by atoms with Gasteiger partial charge in [0.1, 0.15) is 5.82 Å². The molecule has 0 saturated carbocycles. The van der Waals surface area contributed by atoms with Gasteiger partial charge < -0.3 is 5.32 Å². The van der Waals surface area contributed by atoms with Gasteiger partial charge in [0.15, 0.2) is 5.65 Å². The summed E-state index contributed by atoms with van der Waals surface area (Å²) in [7, 11) is -0.802. The highest BCUT2D eigenvalue weighted by Crippen LogP contribution is 2.02. The molecule has 0 saturated heterocycles. The van der Waals surface area contributed by atoms with Gasteiger partial charge in [0.25, 0.3) is 0 Å². The standard InChI is InChI=1S/C9H13N5O2S/c1-2-17(16)6-5-10-7-3-4-8-11-12-9(15)14(8)13-7/h3-4H,2,5-6H2,1H3,(H,10,13)(H,12,15). The maximum Gasteiger partial charge on any atom is 0.364 e. The second-order valence-corrected chi connectivity index (χ2v) is 5.24.